The fraction of sp³-hybridized carbons (Fsp3) is 0.278. The highest BCUT2D eigenvalue weighted by Gasteiger charge is 2.16. The van der Waals surface area contributed by atoms with Gasteiger partial charge in [0.1, 0.15) is 0 Å². The number of carbonyl (C=O) groups is 1. The Morgan fingerprint density at radius 3 is 2.70 bits per heavy atom. The van der Waals surface area contributed by atoms with Crippen molar-refractivity contribution in [1.29, 1.82) is 0 Å². The Balaban J connectivity index is 2.18. The van der Waals surface area contributed by atoms with Gasteiger partial charge in [-0.1, -0.05) is 25.1 Å². The monoisotopic (exact) mass is 316 g/mol. The van der Waals surface area contributed by atoms with Crippen molar-refractivity contribution in [2.45, 2.75) is 20.4 Å². The molecule has 2 N–H and O–H groups in total. The van der Waals surface area contributed by atoms with Crippen LogP contribution in [0.5, 0.6) is 5.75 Å². The van der Waals surface area contributed by atoms with E-state index in [0.717, 1.165) is 18.7 Å². The second-order valence-corrected chi connectivity index (χ2v) is 4.98. The van der Waals surface area contributed by atoms with Crippen molar-refractivity contribution in [1.82, 2.24) is 5.32 Å². The first-order valence-electron chi connectivity index (χ1n) is 7.68. The van der Waals surface area contributed by atoms with E-state index < -0.39 is 11.7 Å². The largest absolute Gasteiger partial charge is 0.490 e. The van der Waals surface area contributed by atoms with Crippen LogP contribution in [-0.2, 0) is 6.54 Å². The minimum absolute atomic E-state index is 0.0173. The van der Waals surface area contributed by atoms with E-state index in [1.54, 1.807) is 19.1 Å². The maximum absolute atomic E-state index is 13.8. The first kappa shape index (κ1) is 17.0. The Morgan fingerprint density at radius 1 is 1.17 bits per heavy atom. The predicted molar refractivity (Wildman–Crippen MR) is 89.3 cm³/mol. The number of carbonyl (C=O) groups excluding carboxylic acids is 1. The van der Waals surface area contributed by atoms with Crippen molar-refractivity contribution in [3.05, 3.63) is 59.4 Å². The number of anilines is 1. The Labute approximate surface area is 135 Å². The molecular weight excluding hydrogens is 295 g/mol. The summed E-state index contributed by atoms with van der Waals surface area (Å²) in [6.07, 6.45) is 0. The average molecular weight is 316 g/mol. The standard InChI is InChI=1S/C18H21FN2O2/c1-3-20-12-13-7-5-8-14(11-13)21-18(22)15-9-6-10-16(19)17(15)23-4-2/h5-11,20H,3-4,12H2,1-2H3,(H,21,22). The highest BCUT2D eigenvalue weighted by atomic mass is 19.1. The van der Waals surface area contributed by atoms with Gasteiger partial charge in [0.2, 0.25) is 0 Å². The minimum Gasteiger partial charge on any atom is -0.490 e. The molecule has 0 aromatic heterocycles. The van der Waals surface area contributed by atoms with Gasteiger partial charge in [-0.15, -0.1) is 0 Å². The number of benzene rings is 2. The lowest BCUT2D eigenvalue weighted by atomic mass is 10.1. The van der Waals surface area contributed by atoms with Gasteiger partial charge in [0.15, 0.2) is 11.6 Å². The van der Waals surface area contributed by atoms with Crippen LogP contribution in [0.15, 0.2) is 42.5 Å². The zero-order chi connectivity index (χ0) is 16.7. The third kappa shape index (κ3) is 4.53. The van der Waals surface area contributed by atoms with Crippen molar-refractivity contribution in [2.75, 3.05) is 18.5 Å². The van der Waals surface area contributed by atoms with E-state index in [0.29, 0.717) is 12.3 Å². The van der Waals surface area contributed by atoms with Crippen LogP contribution >= 0.6 is 0 Å². The Hall–Kier alpha value is -2.40. The summed E-state index contributed by atoms with van der Waals surface area (Å²) in [5, 5.41) is 6.02. The van der Waals surface area contributed by atoms with Crippen LogP contribution in [0.4, 0.5) is 10.1 Å². The molecule has 0 aliphatic rings. The molecule has 0 fully saturated rings. The molecular formula is C18H21FN2O2. The summed E-state index contributed by atoms with van der Waals surface area (Å²) in [4.78, 5) is 12.4. The van der Waals surface area contributed by atoms with Gasteiger partial charge in [0.25, 0.3) is 5.91 Å². The molecule has 0 radical (unpaired) electrons. The number of rotatable bonds is 7. The maximum atomic E-state index is 13.8. The number of hydrogen-bond acceptors (Lipinski definition) is 3. The van der Waals surface area contributed by atoms with Crippen molar-refractivity contribution in [3.63, 3.8) is 0 Å². The van der Waals surface area contributed by atoms with Crippen LogP contribution < -0.4 is 15.4 Å². The molecule has 0 bridgehead atoms. The lowest BCUT2D eigenvalue weighted by molar-refractivity contribution is 0.102. The van der Waals surface area contributed by atoms with E-state index in [1.165, 1.54) is 12.1 Å². The summed E-state index contributed by atoms with van der Waals surface area (Å²) >= 11 is 0. The summed E-state index contributed by atoms with van der Waals surface area (Å²) in [5.41, 5.74) is 1.91. The molecule has 0 unspecified atom stereocenters. The number of hydrogen-bond donors (Lipinski definition) is 2. The molecule has 2 aromatic carbocycles. The zero-order valence-electron chi connectivity index (χ0n) is 13.4. The van der Waals surface area contributed by atoms with Crippen molar-refractivity contribution in [2.24, 2.45) is 0 Å². The van der Waals surface area contributed by atoms with E-state index in [4.69, 9.17) is 4.74 Å². The van der Waals surface area contributed by atoms with Gasteiger partial charge in [-0.2, -0.15) is 0 Å². The summed E-state index contributed by atoms with van der Waals surface area (Å²) in [6.45, 7) is 5.67. The number of para-hydroxylation sites is 1. The molecule has 2 aromatic rings. The summed E-state index contributed by atoms with van der Waals surface area (Å²) in [6, 6.07) is 11.9. The van der Waals surface area contributed by atoms with Crippen molar-refractivity contribution in [3.8, 4) is 5.75 Å². The van der Waals surface area contributed by atoms with Gasteiger partial charge < -0.3 is 15.4 Å². The lowest BCUT2D eigenvalue weighted by Gasteiger charge is -2.12. The second kappa shape index (κ2) is 8.29. The van der Waals surface area contributed by atoms with Crippen LogP contribution in [0, 0.1) is 5.82 Å². The predicted octanol–water partition coefficient (Wildman–Crippen LogP) is 3.59. The third-order valence-corrected chi connectivity index (χ3v) is 3.26. The van der Waals surface area contributed by atoms with Gasteiger partial charge in [0.05, 0.1) is 12.2 Å². The van der Waals surface area contributed by atoms with Crippen LogP contribution in [0.2, 0.25) is 0 Å². The number of halogens is 1. The highest BCUT2D eigenvalue weighted by molar-refractivity contribution is 6.06. The molecule has 1 amide bonds. The van der Waals surface area contributed by atoms with E-state index in [2.05, 4.69) is 10.6 Å². The minimum atomic E-state index is -0.541. The number of nitrogens with one attached hydrogen (secondary N) is 2. The normalized spacial score (nSPS) is 10.4. The molecule has 5 heteroatoms. The van der Waals surface area contributed by atoms with Gasteiger partial charge in [-0.25, -0.2) is 4.39 Å². The Kier molecular flexibility index (Phi) is 6.11. The Bertz CT molecular complexity index is 674. The number of amides is 1. The quantitative estimate of drug-likeness (QED) is 0.821. The molecule has 0 spiro atoms. The molecule has 23 heavy (non-hydrogen) atoms. The van der Waals surface area contributed by atoms with E-state index in [9.17, 15) is 9.18 Å². The zero-order valence-corrected chi connectivity index (χ0v) is 13.4. The molecule has 0 saturated heterocycles. The topological polar surface area (TPSA) is 50.4 Å². The van der Waals surface area contributed by atoms with Crippen LogP contribution in [0.3, 0.4) is 0 Å². The van der Waals surface area contributed by atoms with Crippen molar-refractivity contribution < 1.29 is 13.9 Å². The lowest BCUT2D eigenvalue weighted by Crippen LogP contribution is -2.15. The van der Waals surface area contributed by atoms with Gasteiger partial charge >= 0.3 is 0 Å². The van der Waals surface area contributed by atoms with Gasteiger partial charge in [-0.3, -0.25) is 4.79 Å². The highest BCUT2D eigenvalue weighted by Crippen LogP contribution is 2.24. The van der Waals surface area contributed by atoms with E-state index in [-0.39, 0.29) is 11.3 Å². The third-order valence-electron chi connectivity index (χ3n) is 3.26. The number of ether oxygens (including phenoxy) is 1. The average Bonchev–Trinajstić information content (AvgIpc) is 2.55. The first-order valence-corrected chi connectivity index (χ1v) is 7.68. The van der Waals surface area contributed by atoms with Crippen LogP contribution in [0.1, 0.15) is 29.8 Å². The van der Waals surface area contributed by atoms with Gasteiger partial charge in [-0.05, 0) is 43.3 Å². The molecule has 0 atom stereocenters. The smallest absolute Gasteiger partial charge is 0.259 e. The summed E-state index contributed by atoms with van der Waals surface area (Å²) in [5.74, 6) is -0.953. The summed E-state index contributed by atoms with van der Waals surface area (Å²) in [7, 11) is 0. The van der Waals surface area contributed by atoms with Crippen molar-refractivity contribution >= 4 is 11.6 Å². The fourth-order valence-electron chi connectivity index (χ4n) is 2.21. The van der Waals surface area contributed by atoms with Crippen LogP contribution in [0.25, 0.3) is 0 Å². The maximum Gasteiger partial charge on any atom is 0.259 e. The second-order valence-electron chi connectivity index (χ2n) is 4.98. The Morgan fingerprint density at radius 2 is 1.96 bits per heavy atom. The molecule has 122 valence electrons. The molecule has 0 saturated carbocycles. The molecule has 0 aliphatic heterocycles. The first-order chi connectivity index (χ1) is 11.2. The fourth-order valence-corrected chi connectivity index (χ4v) is 2.21. The van der Waals surface area contributed by atoms with Gasteiger partial charge in [0, 0.05) is 12.2 Å². The van der Waals surface area contributed by atoms with Crippen LogP contribution in [-0.4, -0.2) is 19.1 Å². The molecule has 0 heterocycles. The SMILES string of the molecule is CCNCc1cccc(NC(=O)c2cccc(F)c2OCC)c1. The summed E-state index contributed by atoms with van der Waals surface area (Å²) < 4.78 is 19.1. The molecule has 0 aliphatic carbocycles. The molecule has 4 nitrogen and oxygen atoms in total. The molecule has 2 rings (SSSR count). The van der Waals surface area contributed by atoms with E-state index >= 15 is 0 Å². The van der Waals surface area contributed by atoms with E-state index in [1.807, 2.05) is 25.1 Å².